The van der Waals surface area contributed by atoms with Crippen LogP contribution in [0.2, 0.25) is 0 Å². The summed E-state index contributed by atoms with van der Waals surface area (Å²) in [6, 6.07) is 4.05. The highest BCUT2D eigenvalue weighted by molar-refractivity contribution is 5.78. The minimum Gasteiger partial charge on any atom is -0.468 e. The molecule has 28 heavy (non-hydrogen) atoms. The van der Waals surface area contributed by atoms with Gasteiger partial charge in [-0.1, -0.05) is 0 Å². The van der Waals surface area contributed by atoms with Gasteiger partial charge in [0.15, 0.2) is 5.96 Å². The van der Waals surface area contributed by atoms with E-state index in [1.54, 1.807) is 11.2 Å². The maximum atomic E-state index is 12.2. The summed E-state index contributed by atoms with van der Waals surface area (Å²) in [6.45, 7) is 10.8. The number of piperazine rings is 1. The molecule has 1 unspecified atom stereocenters. The van der Waals surface area contributed by atoms with Gasteiger partial charge in [0, 0.05) is 26.2 Å². The molecule has 1 aromatic rings. The molecule has 0 spiro atoms. The number of carbonyl (C=O) groups is 1. The highest BCUT2D eigenvalue weighted by atomic mass is 16.6. The molecule has 2 aliphatic heterocycles. The topological polar surface area (TPSA) is 87.5 Å². The van der Waals surface area contributed by atoms with Gasteiger partial charge < -0.3 is 24.7 Å². The lowest BCUT2D eigenvalue weighted by Crippen LogP contribution is -2.53. The minimum atomic E-state index is -0.481. The molecule has 2 fully saturated rings. The normalized spacial score (nSPS) is 20.5. The van der Waals surface area contributed by atoms with Gasteiger partial charge in [-0.3, -0.25) is 9.89 Å². The Labute approximate surface area is 167 Å². The van der Waals surface area contributed by atoms with E-state index >= 15 is 0 Å². The first-order chi connectivity index (χ1) is 13.3. The van der Waals surface area contributed by atoms with Gasteiger partial charge in [-0.25, -0.2) is 4.79 Å². The molecule has 0 bridgehead atoms. The van der Waals surface area contributed by atoms with Crippen LogP contribution in [0.4, 0.5) is 4.79 Å². The SMILES string of the molecule is CC(C)(C)OC(=O)N1CCN(C(N)=NCC(c2ccco2)N2CCCC2)CC1. The summed E-state index contributed by atoms with van der Waals surface area (Å²) in [5, 5.41) is 0. The quantitative estimate of drug-likeness (QED) is 0.626. The lowest BCUT2D eigenvalue weighted by Gasteiger charge is -2.36. The van der Waals surface area contributed by atoms with Crippen molar-refractivity contribution in [1.29, 1.82) is 0 Å². The highest BCUT2D eigenvalue weighted by Gasteiger charge is 2.28. The van der Waals surface area contributed by atoms with E-state index in [2.05, 4.69) is 9.89 Å². The molecule has 0 saturated carbocycles. The minimum absolute atomic E-state index is 0.124. The number of guanidine groups is 1. The van der Waals surface area contributed by atoms with Gasteiger partial charge in [0.1, 0.15) is 11.4 Å². The molecule has 2 aliphatic rings. The van der Waals surface area contributed by atoms with Crippen molar-refractivity contribution in [1.82, 2.24) is 14.7 Å². The Morgan fingerprint density at radius 1 is 1.18 bits per heavy atom. The van der Waals surface area contributed by atoms with Gasteiger partial charge in [0.2, 0.25) is 0 Å². The fourth-order valence-corrected chi connectivity index (χ4v) is 3.64. The first kappa shape index (κ1) is 20.5. The Hall–Kier alpha value is -2.22. The van der Waals surface area contributed by atoms with Gasteiger partial charge in [0.05, 0.1) is 18.8 Å². The first-order valence-electron chi connectivity index (χ1n) is 10.1. The number of hydrogen-bond donors (Lipinski definition) is 1. The maximum absolute atomic E-state index is 12.2. The Balaban J connectivity index is 1.54. The number of hydrogen-bond acceptors (Lipinski definition) is 5. The van der Waals surface area contributed by atoms with Gasteiger partial charge in [-0.2, -0.15) is 0 Å². The third-order valence-electron chi connectivity index (χ3n) is 5.13. The van der Waals surface area contributed by atoms with E-state index in [0.717, 1.165) is 18.8 Å². The largest absolute Gasteiger partial charge is 0.468 e. The van der Waals surface area contributed by atoms with E-state index in [1.807, 2.05) is 37.8 Å². The van der Waals surface area contributed by atoms with Crippen LogP contribution in [0.5, 0.6) is 0 Å². The zero-order valence-electron chi connectivity index (χ0n) is 17.3. The number of nitrogens with zero attached hydrogens (tertiary/aromatic N) is 4. The van der Waals surface area contributed by atoms with Crippen molar-refractivity contribution in [3.8, 4) is 0 Å². The Bertz CT molecular complexity index is 654. The molecular formula is C20H33N5O3. The van der Waals surface area contributed by atoms with Crippen LogP contribution in [0, 0.1) is 0 Å². The fraction of sp³-hybridized carbons (Fsp3) is 0.700. The fourth-order valence-electron chi connectivity index (χ4n) is 3.64. The summed E-state index contributed by atoms with van der Waals surface area (Å²) in [6.07, 6.45) is 3.86. The molecule has 0 aromatic carbocycles. The lowest BCUT2D eigenvalue weighted by molar-refractivity contribution is 0.0186. The predicted octanol–water partition coefficient (Wildman–Crippen LogP) is 2.28. The van der Waals surface area contributed by atoms with E-state index in [1.165, 1.54) is 12.8 Å². The van der Waals surface area contributed by atoms with Gasteiger partial charge >= 0.3 is 6.09 Å². The average Bonchev–Trinajstić information content (AvgIpc) is 3.35. The molecule has 156 valence electrons. The van der Waals surface area contributed by atoms with Crippen molar-refractivity contribution in [2.75, 3.05) is 45.8 Å². The standard InChI is InChI=1S/C20H33N5O3/c1-20(2,3)28-19(26)25-12-10-24(11-13-25)18(21)22-15-16(17-7-6-14-27-17)23-8-4-5-9-23/h6-7,14,16H,4-5,8-13,15H2,1-3H3,(H2,21,22). The molecule has 3 heterocycles. The molecule has 2 saturated heterocycles. The first-order valence-corrected chi connectivity index (χ1v) is 10.1. The number of amides is 1. The molecule has 0 aliphatic carbocycles. The lowest BCUT2D eigenvalue weighted by atomic mass is 10.2. The summed E-state index contributed by atoms with van der Waals surface area (Å²) in [5.41, 5.74) is 5.78. The zero-order valence-corrected chi connectivity index (χ0v) is 17.3. The third-order valence-corrected chi connectivity index (χ3v) is 5.13. The van der Waals surface area contributed by atoms with Crippen molar-refractivity contribution in [3.05, 3.63) is 24.2 Å². The monoisotopic (exact) mass is 391 g/mol. The second-order valence-corrected chi connectivity index (χ2v) is 8.43. The van der Waals surface area contributed by atoms with E-state index in [9.17, 15) is 4.79 Å². The zero-order chi connectivity index (χ0) is 20.1. The average molecular weight is 392 g/mol. The van der Waals surface area contributed by atoms with Crippen molar-refractivity contribution in [2.45, 2.75) is 45.3 Å². The summed E-state index contributed by atoms with van der Waals surface area (Å²) in [7, 11) is 0. The number of ether oxygens (including phenoxy) is 1. The molecule has 1 aromatic heterocycles. The van der Waals surface area contributed by atoms with Gasteiger partial charge in [0.25, 0.3) is 0 Å². The van der Waals surface area contributed by atoms with Crippen LogP contribution >= 0.6 is 0 Å². The summed E-state index contributed by atoms with van der Waals surface area (Å²) in [5.74, 6) is 1.47. The maximum Gasteiger partial charge on any atom is 0.410 e. The second kappa shape index (κ2) is 8.86. The molecule has 2 N–H and O–H groups in total. The number of nitrogens with two attached hydrogens (primary N) is 1. The molecule has 1 atom stereocenters. The number of carbonyl (C=O) groups excluding carboxylic acids is 1. The van der Waals surface area contributed by atoms with E-state index in [-0.39, 0.29) is 12.1 Å². The number of rotatable bonds is 4. The molecule has 1 amide bonds. The van der Waals surface area contributed by atoms with Crippen LogP contribution in [0.1, 0.15) is 45.4 Å². The van der Waals surface area contributed by atoms with Crippen LogP contribution in [-0.2, 0) is 4.74 Å². The van der Waals surface area contributed by atoms with E-state index in [0.29, 0.717) is 38.7 Å². The van der Waals surface area contributed by atoms with Crippen LogP contribution in [0.15, 0.2) is 27.8 Å². The smallest absolute Gasteiger partial charge is 0.410 e. The number of furan rings is 1. The molecule has 0 radical (unpaired) electrons. The van der Waals surface area contributed by atoms with Crippen molar-refractivity contribution in [2.24, 2.45) is 10.7 Å². The summed E-state index contributed by atoms with van der Waals surface area (Å²) < 4.78 is 11.1. The van der Waals surface area contributed by atoms with Crippen LogP contribution in [0.25, 0.3) is 0 Å². The number of likely N-dealkylation sites (tertiary alicyclic amines) is 1. The summed E-state index contributed by atoms with van der Waals surface area (Å²) in [4.78, 5) is 23.0. The molecule has 8 nitrogen and oxygen atoms in total. The Morgan fingerprint density at radius 3 is 2.39 bits per heavy atom. The van der Waals surface area contributed by atoms with Gasteiger partial charge in [-0.05, 0) is 58.8 Å². The third kappa shape index (κ3) is 5.41. The molecular weight excluding hydrogens is 358 g/mol. The number of aliphatic imine (C=N–C) groups is 1. The van der Waals surface area contributed by atoms with Crippen molar-refractivity contribution in [3.63, 3.8) is 0 Å². The summed E-state index contributed by atoms with van der Waals surface area (Å²) >= 11 is 0. The van der Waals surface area contributed by atoms with Crippen LogP contribution in [-0.4, -0.2) is 78.2 Å². The van der Waals surface area contributed by atoms with Crippen LogP contribution < -0.4 is 5.73 Å². The van der Waals surface area contributed by atoms with Crippen LogP contribution in [0.3, 0.4) is 0 Å². The molecule has 8 heteroatoms. The second-order valence-electron chi connectivity index (χ2n) is 8.43. The predicted molar refractivity (Wildman–Crippen MR) is 108 cm³/mol. The molecule has 3 rings (SSSR count). The van der Waals surface area contributed by atoms with Crippen molar-refractivity contribution < 1.29 is 13.9 Å². The van der Waals surface area contributed by atoms with E-state index in [4.69, 9.17) is 14.9 Å². The Morgan fingerprint density at radius 2 is 1.82 bits per heavy atom. The van der Waals surface area contributed by atoms with Gasteiger partial charge in [-0.15, -0.1) is 0 Å². The van der Waals surface area contributed by atoms with Crippen molar-refractivity contribution >= 4 is 12.1 Å². The highest BCUT2D eigenvalue weighted by Crippen LogP contribution is 2.25. The van der Waals surface area contributed by atoms with E-state index < -0.39 is 5.60 Å². The Kier molecular flexibility index (Phi) is 6.49.